The predicted octanol–water partition coefficient (Wildman–Crippen LogP) is 3.24. The molecule has 3 heteroatoms. The maximum Gasteiger partial charge on any atom is 0.114 e. The van der Waals surface area contributed by atoms with E-state index < -0.39 is 0 Å². The molecule has 0 amide bonds. The highest BCUT2D eigenvalue weighted by Crippen LogP contribution is 2.20. The summed E-state index contributed by atoms with van der Waals surface area (Å²) in [6.07, 6.45) is 0.851. The summed E-state index contributed by atoms with van der Waals surface area (Å²) in [4.78, 5) is 4.78. The fourth-order valence-corrected chi connectivity index (χ4v) is 2.68. The Bertz CT molecular complexity index is 800. The lowest BCUT2D eigenvalue weighted by molar-refractivity contribution is 0.844. The van der Waals surface area contributed by atoms with Gasteiger partial charge in [0.25, 0.3) is 0 Å². The van der Waals surface area contributed by atoms with Gasteiger partial charge in [-0.3, -0.25) is 0 Å². The first-order chi connectivity index (χ1) is 10.1. The van der Waals surface area contributed by atoms with E-state index in [4.69, 9.17) is 10.7 Å². The Kier molecular flexibility index (Phi) is 3.52. The van der Waals surface area contributed by atoms with Crippen molar-refractivity contribution in [1.82, 2.24) is 9.55 Å². The second kappa shape index (κ2) is 5.34. The zero-order valence-corrected chi connectivity index (χ0v) is 12.9. The molecule has 1 aromatic heterocycles. The Labute approximate surface area is 125 Å². The molecule has 0 aliphatic rings. The van der Waals surface area contributed by atoms with Gasteiger partial charge in [-0.05, 0) is 48.2 Å². The van der Waals surface area contributed by atoms with Crippen molar-refractivity contribution in [2.75, 3.05) is 0 Å². The van der Waals surface area contributed by atoms with Crippen LogP contribution in [0, 0.1) is 13.8 Å². The topological polar surface area (TPSA) is 43.8 Å². The van der Waals surface area contributed by atoms with Gasteiger partial charge in [-0.2, -0.15) is 0 Å². The van der Waals surface area contributed by atoms with Crippen molar-refractivity contribution >= 4 is 11.0 Å². The van der Waals surface area contributed by atoms with Crippen molar-refractivity contribution in [1.29, 1.82) is 0 Å². The summed E-state index contributed by atoms with van der Waals surface area (Å²) in [7, 11) is 2.08. The highest BCUT2D eigenvalue weighted by molar-refractivity contribution is 5.77. The molecular formula is C18H21N3. The molecule has 3 aromatic rings. The highest BCUT2D eigenvalue weighted by Gasteiger charge is 2.09. The van der Waals surface area contributed by atoms with Crippen LogP contribution in [-0.4, -0.2) is 9.55 Å². The second-order valence-corrected chi connectivity index (χ2v) is 5.71. The summed E-state index contributed by atoms with van der Waals surface area (Å²) in [6.45, 7) is 4.85. The quantitative estimate of drug-likeness (QED) is 0.800. The number of rotatable bonds is 3. The van der Waals surface area contributed by atoms with Crippen LogP contribution in [0.4, 0.5) is 0 Å². The van der Waals surface area contributed by atoms with E-state index in [1.807, 2.05) is 0 Å². The molecule has 0 saturated carbocycles. The molecular weight excluding hydrogens is 258 g/mol. The first kappa shape index (κ1) is 13.8. The molecule has 0 radical (unpaired) electrons. The van der Waals surface area contributed by atoms with E-state index in [0.717, 1.165) is 28.8 Å². The van der Waals surface area contributed by atoms with Crippen molar-refractivity contribution in [3.05, 3.63) is 64.5 Å². The van der Waals surface area contributed by atoms with E-state index in [-0.39, 0.29) is 0 Å². The average Bonchev–Trinajstić information content (AvgIpc) is 2.79. The second-order valence-electron chi connectivity index (χ2n) is 5.71. The summed E-state index contributed by atoms with van der Waals surface area (Å²) in [6, 6.07) is 12.9. The van der Waals surface area contributed by atoms with Gasteiger partial charge in [0.1, 0.15) is 5.82 Å². The Morgan fingerprint density at radius 2 is 1.76 bits per heavy atom. The SMILES string of the molecule is Cc1ccc(Cc2nc3cc(CN)ccc3n2C)cc1C. The van der Waals surface area contributed by atoms with Gasteiger partial charge in [0.05, 0.1) is 11.0 Å². The van der Waals surface area contributed by atoms with Gasteiger partial charge in [-0.25, -0.2) is 4.98 Å². The van der Waals surface area contributed by atoms with Crippen molar-refractivity contribution in [2.45, 2.75) is 26.8 Å². The number of benzene rings is 2. The lowest BCUT2D eigenvalue weighted by atomic mass is 10.0. The third-order valence-corrected chi connectivity index (χ3v) is 4.21. The van der Waals surface area contributed by atoms with Crippen molar-refractivity contribution in [3.8, 4) is 0 Å². The Hall–Kier alpha value is -2.13. The molecule has 21 heavy (non-hydrogen) atoms. The van der Waals surface area contributed by atoms with Gasteiger partial charge in [0.15, 0.2) is 0 Å². The van der Waals surface area contributed by atoms with Gasteiger partial charge in [0.2, 0.25) is 0 Å². The fourth-order valence-electron chi connectivity index (χ4n) is 2.68. The Morgan fingerprint density at radius 1 is 1.00 bits per heavy atom. The number of fused-ring (bicyclic) bond motifs is 1. The molecule has 3 rings (SSSR count). The zero-order chi connectivity index (χ0) is 15.0. The van der Waals surface area contributed by atoms with Crippen LogP contribution in [0.3, 0.4) is 0 Å². The van der Waals surface area contributed by atoms with Crippen LogP contribution >= 0.6 is 0 Å². The monoisotopic (exact) mass is 279 g/mol. The van der Waals surface area contributed by atoms with Gasteiger partial charge < -0.3 is 10.3 Å². The van der Waals surface area contributed by atoms with E-state index >= 15 is 0 Å². The molecule has 0 spiro atoms. The molecule has 0 unspecified atom stereocenters. The summed E-state index contributed by atoms with van der Waals surface area (Å²) in [5, 5.41) is 0. The Balaban J connectivity index is 2.00. The first-order valence-electron chi connectivity index (χ1n) is 7.29. The number of nitrogens with zero attached hydrogens (tertiary/aromatic N) is 2. The smallest absolute Gasteiger partial charge is 0.114 e. The molecule has 2 aromatic carbocycles. The minimum absolute atomic E-state index is 0.555. The number of nitrogens with two attached hydrogens (primary N) is 1. The van der Waals surface area contributed by atoms with Crippen molar-refractivity contribution < 1.29 is 0 Å². The zero-order valence-electron chi connectivity index (χ0n) is 12.9. The summed E-state index contributed by atoms with van der Waals surface area (Å²) in [5.74, 6) is 1.09. The number of hydrogen-bond acceptors (Lipinski definition) is 2. The van der Waals surface area contributed by atoms with Gasteiger partial charge in [-0.1, -0.05) is 24.3 Å². The molecule has 0 bridgehead atoms. The van der Waals surface area contributed by atoms with Crippen LogP contribution in [0.25, 0.3) is 11.0 Å². The molecule has 0 fully saturated rings. The van der Waals surface area contributed by atoms with E-state index in [1.165, 1.54) is 16.7 Å². The van der Waals surface area contributed by atoms with Crippen molar-refractivity contribution in [3.63, 3.8) is 0 Å². The largest absolute Gasteiger partial charge is 0.331 e. The van der Waals surface area contributed by atoms with Crippen LogP contribution < -0.4 is 5.73 Å². The van der Waals surface area contributed by atoms with Crippen LogP contribution in [0.2, 0.25) is 0 Å². The summed E-state index contributed by atoms with van der Waals surface area (Å²) < 4.78 is 2.17. The van der Waals surface area contributed by atoms with E-state index in [9.17, 15) is 0 Å². The van der Waals surface area contributed by atoms with Gasteiger partial charge in [0, 0.05) is 20.0 Å². The Morgan fingerprint density at radius 3 is 2.48 bits per heavy atom. The fraction of sp³-hybridized carbons (Fsp3) is 0.278. The minimum Gasteiger partial charge on any atom is -0.331 e. The molecule has 0 aliphatic carbocycles. The molecule has 3 nitrogen and oxygen atoms in total. The van der Waals surface area contributed by atoms with Crippen LogP contribution in [0.5, 0.6) is 0 Å². The third-order valence-electron chi connectivity index (χ3n) is 4.21. The number of aromatic nitrogens is 2. The third kappa shape index (κ3) is 2.57. The molecule has 108 valence electrons. The summed E-state index contributed by atoms with van der Waals surface area (Å²) >= 11 is 0. The summed E-state index contributed by atoms with van der Waals surface area (Å²) in [5.41, 5.74) is 13.0. The molecule has 2 N–H and O–H groups in total. The highest BCUT2D eigenvalue weighted by atomic mass is 15.1. The predicted molar refractivity (Wildman–Crippen MR) is 87.3 cm³/mol. The standard InChI is InChI=1S/C18H21N3/c1-12-4-5-14(8-13(12)2)10-18-20-16-9-15(11-19)6-7-17(16)21(18)3/h4-9H,10-11,19H2,1-3H3. The van der Waals surface area contributed by atoms with E-state index in [2.05, 4.69) is 61.9 Å². The molecule has 0 atom stereocenters. The normalized spacial score (nSPS) is 11.2. The minimum atomic E-state index is 0.555. The van der Waals surface area contributed by atoms with E-state index in [0.29, 0.717) is 6.54 Å². The van der Waals surface area contributed by atoms with Crippen LogP contribution in [0.15, 0.2) is 36.4 Å². The average molecular weight is 279 g/mol. The lowest BCUT2D eigenvalue weighted by Gasteiger charge is -2.06. The maximum absolute atomic E-state index is 5.71. The number of imidazole rings is 1. The molecule has 0 aliphatic heterocycles. The van der Waals surface area contributed by atoms with Crippen molar-refractivity contribution in [2.24, 2.45) is 12.8 Å². The molecule has 1 heterocycles. The van der Waals surface area contributed by atoms with Crippen LogP contribution in [-0.2, 0) is 20.0 Å². The van der Waals surface area contributed by atoms with E-state index in [1.54, 1.807) is 0 Å². The number of hydrogen-bond donors (Lipinski definition) is 1. The maximum atomic E-state index is 5.71. The molecule has 0 saturated heterocycles. The van der Waals surface area contributed by atoms with Gasteiger partial charge in [-0.15, -0.1) is 0 Å². The van der Waals surface area contributed by atoms with Gasteiger partial charge >= 0.3 is 0 Å². The number of aryl methyl sites for hydroxylation is 3. The lowest BCUT2D eigenvalue weighted by Crippen LogP contribution is -1.99. The van der Waals surface area contributed by atoms with Crippen LogP contribution in [0.1, 0.15) is 28.1 Å². The first-order valence-corrected chi connectivity index (χ1v) is 7.29.